The number of hydrogen-bond acceptors (Lipinski definition) is 6. The van der Waals surface area contributed by atoms with Crippen LogP contribution in [0, 0.1) is 0 Å². The number of aliphatic hydroxyl groups excluding tert-OH is 1. The third-order valence-corrected chi connectivity index (χ3v) is 6.04. The van der Waals surface area contributed by atoms with E-state index in [0.29, 0.717) is 36.7 Å². The zero-order chi connectivity index (χ0) is 21.8. The van der Waals surface area contributed by atoms with Gasteiger partial charge in [-0.25, -0.2) is 4.98 Å². The minimum absolute atomic E-state index is 0.124. The topological polar surface area (TPSA) is 84.7 Å². The number of benzene rings is 1. The molecule has 4 rings (SSSR count). The molecule has 1 amide bonds. The summed E-state index contributed by atoms with van der Waals surface area (Å²) < 4.78 is 7.44. The molecular formula is C23H23N3O4S. The van der Waals surface area contributed by atoms with Gasteiger partial charge in [0, 0.05) is 25.5 Å². The number of imidazole rings is 1. The molecule has 1 N–H and O–H groups in total. The minimum atomic E-state index is -0.652. The van der Waals surface area contributed by atoms with Crippen LogP contribution in [0.5, 0.6) is 5.75 Å². The van der Waals surface area contributed by atoms with Crippen LogP contribution in [0.15, 0.2) is 71.8 Å². The molecule has 2 aromatic heterocycles. The molecule has 160 valence electrons. The molecule has 31 heavy (non-hydrogen) atoms. The van der Waals surface area contributed by atoms with E-state index in [-0.39, 0.29) is 11.4 Å². The molecule has 1 aliphatic heterocycles. The Hall–Kier alpha value is -3.39. The largest absolute Gasteiger partial charge is 0.503 e. The van der Waals surface area contributed by atoms with Gasteiger partial charge in [-0.3, -0.25) is 9.59 Å². The van der Waals surface area contributed by atoms with Crippen molar-refractivity contribution in [2.75, 3.05) is 13.2 Å². The fourth-order valence-corrected chi connectivity index (χ4v) is 4.44. The van der Waals surface area contributed by atoms with Crippen molar-refractivity contribution in [3.63, 3.8) is 0 Å². The fraction of sp³-hybridized carbons (Fsp3) is 0.261. The van der Waals surface area contributed by atoms with E-state index in [2.05, 4.69) is 4.98 Å². The minimum Gasteiger partial charge on any atom is -0.503 e. The van der Waals surface area contributed by atoms with Crippen LogP contribution in [0.1, 0.15) is 34.6 Å². The van der Waals surface area contributed by atoms with Gasteiger partial charge in [-0.15, -0.1) is 11.3 Å². The molecule has 0 saturated heterocycles. The maximum Gasteiger partial charge on any atom is 0.290 e. The summed E-state index contributed by atoms with van der Waals surface area (Å²) in [5.41, 5.74) is 0.877. The van der Waals surface area contributed by atoms with E-state index in [1.165, 1.54) is 11.3 Å². The van der Waals surface area contributed by atoms with Crippen LogP contribution < -0.4 is 4.74 Å². The zero-order valence-corrected chi connectivity index (χ0v) is 17.9. The highest BCUT2D eigenvalue weighted by atomic mass is 32.1. The summed E-state index contributed by atoms with van der Waals surface area (Å²) in [5, 5.41) is 12.5. The highest BCUT2D eigenvalue weighted by molar-refractivity contribution is 7.12. The van der Waals surface area contributed by atoms with Crippen LogP contribution in [-0.2, 0) is 11.3 Å². The number of amides is 1. The maximum atomic E-state index is 13.2. The van der Waals surface area contributed by atoms with Gasteiger partial charge in [0.15, 0.2) is 5.76 Å². The molecule has 1 atom stereocenters. The number of carbonyl (C=O) groups excluding carboxylic acids is 2. The smallest absolute Gasteiger partial charge is 0.290 e. The Morgan fingerprint density at radius 2 is 2.03 bits per heavy atom. The highest BCUT2D eigenvalue weighted by Crippen LogP contribution is 2.40. The first-order valence-electron chi connectivity index (χ1n) is 10.1. The van der Waals surface area contributed by atoms with Crippen LogP contribution in [0.3, 0.4) is 0 Å². The molecular weight excluding hydrogens is 414 g/mol. The lowest BCUT2D eigenvalue weighted by atomic mass is 9.95. The van der Waals surface area contributed by atoms with Crippen LogP contribution in [0.25, 0.3) is 0 Å². The van der Waals surface area contributed by atoms with Gasteiger partial charge >= 0.3 is 0 Å². The van der Waals surface area contributed by atoms with Gasteiger partial charge < -0.3 is 19.3 Å². The lowest BCUT2D eigenvalue weighted by Crippen LogP contribution is -2.32. The number of Topliss-reactive ketones (excluding diaryl/α,β-unsaturated/α-hetero) is 1. The first kappa shape index (κ1) is 20.9. The van der Waals surface area contributed by atoms with Crippen molar-refractivity contribution in [2.45, 2.75) is 25.9 Å². The van der Waals surface area contributed by atoms with Crippen LogP contribution in [0.4, 0.5) is 0 Å². The summed E-state index contributed by atoms with van der Waals surface area (Å²) in [6, 6.07) is 10.1. The standard InChI is InChI=1S/C23H23N3O4S/c1-2-30-17-8-6-16(7-9-17)20-19(21(27)18-5-3-14-31-18)22(28)23(29)26(20)12-4-11-25-13-10-24-15-25/h3,5-10,13-15,20,28H,2,4,11-12H2,1H3/t20-/m1/s1. The maximum absolute atomic E-state index is 13.2. The van der Waals surface area contributed by atoms with Crippen molar-refractivity contribution < 1.29 is 19.4 Å². The molecule has 0 fully saturated rings. The van der Waals surface area contributed by atoms with Crippen molar-refractivity contribution in [1.29, 1.82) is 0 Å². The van der Waals surface area contributed by atoms with Gasteiger partial charge in [-0.2, -0.15) is 0 Å². The van der Waals surface area contributed by atoms with Crippen molar-refractivity contribution in [3.8, 4) is 5.75 Å². The second-order valence-corrected chi connectivity index (χ2v) is 8.07. The van der Waals surface area contributed by atoms with E-state index in [0.717, 1.165) is 5.56 Å². The number of aromatic nitrogens is 2. The van der Waals surface area contributed by atoms with Crippen LogP contribution in [-0.4, -0.2) is 44.4 Å². The van der Waals surface area contributed by atoms with E-state index in [9.17, 15) is 14.7 Å². The normalized spacial score (nSPS) is 16.2. The number of rotatable bonds is 9. The lowest BCUT2D eigenvalue weighted by molar-refractivity contribution is -0.129. The van der Waals surface area contributed by atoms with Crippen molar-refractivity contribution in [3.05, 3.63) is 82.3 Å². The first-order chi connectivity index (χ1) is 15.1. The van der Waals surface area contributed by atoms with E-state index in [1.807, 2.05) is 42.0 Å². The molecule has 8 heteroatoms. The molecule has 3 heterocycles. The Morgan fingerprint density at radius 3 is 2.68 bits per heavy atom. The summed E-state index contributed by atoms with van der Waals surface area (Å²) >= 11 is 1.29. The number of aliphatic hydroxyl groups is 1. The number of hydrogen-bond donors (Lipinski definition) is 1. The van der Waals surface area contributed by atoms with Gasteiger partial charge in [-0.05, 0) is 42.5 Å². The average molecular weight is 438 g/mol. The molecule has 0 aliphatic carbocycles. The zero-order valence-electron chi connectivity index (χ0n) is 17.1. The Bertz CT molecular complexity index is 1070. The molecule has 0 unspecified atom stereocenters. The third-order valence-electron chi connectivity index (χ3n) is 5.17. The second kappa shape index (κ2) is 9.18. The average Bonchev–Trinajstić information content (AvgIpc) is 3.53. The number of carbonyl (C=O) groups is 2. The van der Waals surface area contributed by atoms with Gasteiger partial charge in [0.05, 0.1) is 29.4 Å². The Balaban J connectivity index is 1.65. The molecule has 0 bridgehead atoms. The number of aryl methyl sites for hydroxylation is 1. The van der Waals surface area contributed by atoms with Crippen LogP contribution >= 0.6 is 11.3 Å². The van der Waals surface area contributed by atoms with Gasteiger partial charge in [0.25, 0.3) is 5.91 Å². The molecule has 1 aliphatic rings. The quantitative estimate of drug-likeness (QED) is 0.511. The van der Waals surface area contributed by atoms with E-state index < -0.39 is 17.7 Å². The molecule has 0 radical (unpaired) electrons. The van der Waals surface area contributed by atoms with Crippen molar-refractivity contribution in [1.82, 2.24) is 14.5 Å². The second-order valence-electron chi connectivity index (χ2n) is 7.13. The van der Waals surface area contributed by atoms with E-state index >= 15 is 0 Å². The monoisotopic (exact) mass is 437 g/mol. The first-order valence-corrected chi connectivity index (χ1v) is 11.0. The van der Waals surface area contributed by atoms with Crippen molar-refractivity contribution in [2.24, 2.45) is 0 Å². The SMILES string of the molecule is CCOc1ccc([C@@H]2C(C(=O)c3cccs3)=C(O)C(=O)N2CCCn2ccnc2)cc1. The summed E-state index contributed by atoms with van der Waals surface area (Å²) in [4.78, 5) is 32.3. The highest BCUT2D eigenvalue weighted by Gasteiger charge is 2.43. The molecule has 0 spiro atoms. The Morgan fingerprint density at radius 1 is 1.23 bits per heavy atom. The summed E-state index contributed by atoms with van der Waals surface area (Å²) in [6.07, 6.45) is 5.94. The van der Waals surface area contributed by atoms with Crippen LogP contribution in [0.2, 0.25) is 0 Å². The number of nitrogens with zero attached hydrogens (tertiary/aromatic N) is 3. The summed E-state index contributed by atoms with van der Waals surface area (Å²) in [7, 11) is 0. The van der Waals surface area contributed by atoms with E-state index in [1.54, 1.807) is 34.9 Å². The summed E-state index contributed by atoms with van der Waals surface area (Å²) in [5.74, 6) is -0.609. The van der Waals surface area contributed by atoms with Crippen molar-refractivity contribution >= 4 is 23.0 Å². The number of ether oxygens (including phenoxy) is 1. The lowest BCUT2D eigenvalue weighted by Gasteiger charge is -2.27. The Kier molecular flexibility index (Phi) is 6.18. The number of ketones is 1. The van der Waals surface area contributed by atoms with E-state index in [4.69, 9.17) is 4.74 Å². The fourth-order valence-electron chi connectivity index (χ4n) is 3.76. The molecule has 0 saturated carbocycles. The predicted octanol–water partition coefficient (Wildman–Crippen LogP) is 4.01. The van der Waals surface area contributed by atoms with Gasteiger partial charge in [0.1, 0.15) is 5.75 Å². The predicted molar refractivity (Wildman–Crippen MR) is 117 cm³/mol. The number of thiophene rings is 1. The Labute approximate surface area is 184 Å². The summed E-state index contributed by atoms with van der Waals surface area (Å²) in [6.45, 7) is 3.52. The third kappa shape index (κ3) is 4.25. The molecule has 7 nitrogen and oxygen atoms in total. The molecule has 1 aromatic carbocycles. The molecule has 3 aromatic rings. The van der Waals surface area contributed by atoms with Gasteiger partial charge in [0.2, 0.25) is 5.78 Å². The van der Waals surface area contributed by atoms with Gasteiger partial charge in [-0.1, -0.05) is 18.2 Å².